The van der Waals surface area contributed by atoms with Gasteiger partial charge in [0.05, 0.1) is 23.4 Å². The number of carbonyl (C=O) groups excluding carboxylic acids is 2. The molecule has 0 bridgehead atoms. The number of nitriles is 1. The predicted octanol–water partition coefficient (Wildman–Crippen LogP) is 3.24. The lowest BCUT2D eigenvalue weighted by molar-refractivity contribution is 0.0734. The number of ether oxygens (including phenoxy) is 1. The number of benzene rings is 2. The van der Waals surface area contributed by atoms with Crippen LogP contribution in [0.5, 0.6) is 0 Å². The van der Waals surface area contributed by atoms with E-state index in [9.17, 15) is 9.59 Å². The van der Waals surface area contributed by atoms with Crippen LogP contribution in [0.4, 0.5) is 10.5 Å². The maximum atomic E-state index is 13.0. The van der Waals surface area contributed by atoms with Crippen molar-refractivity contribution in [2.24, 2.45) is 0 Å². The Hall–Kier alpha value is -3.33. The topological polar surface area (TPSA) is 73.6 Å². The molecule has 0 aromatic heterocycles. The van der Waals surface area contributed by atoms with E-state index in [1.165, 1.54) is 0 Å². The first-order chi connectivity index (χ1) is 13.1. The molecular formula is C21H19N3O3. The number of anilines is 1. The van der Waals surface area contributed by atoms with Crippen molar-refractivity contribution < 1.29 is 14.3 Å². The van der Waals surface area contributed by atoms with Crippen molar-refractivity contribution in [3.63, 3.8) is 0 Å². The Bertz CT molecular complexity index is 946. The first-order valence-electron chi connectivity index (χ1n) is 8.92. The van der Waals surface area contributed by atoms with Crippen LogP contribution in [0.15, 0.2) is 42.5 Å². The fourth-order valence-electron chi connectivity index (χ4n) is 3.63. The van der Waals surface area contributed by atoms with Crippen LogP contribution in [0.1, 0.15) is 33.5 Å². The molecule has 4 rings (SSSR count). The third kappa shape index (κ3) is 3.13. The van der Waals surface area contributed by atoms with Crippen LogP contribution in [-0.4, -0.2) is 36.1 Å². The van der Waals surface area contributed by atoms with Crippen LogP contribution in [0.2, 0.25) is 0 Å². The molecule has 136 valence electrons. The summed E-state index contributed by atoms with van der Waals surface area (Å²) in [4.78, 5) is 28.8. The molecule has 2 aliphatic heterocycles. The standard InChI is InChI=1S/C21H19N3O3/c1-14-2-5-17-12-23(20(25)16-6-3-15(11-22)4-7-16)9-8-18-13-27-21(26)24(18)19(17)10-14/h2-7,10,18H,8-9,12-13H2,1H3. The van der Waals surface area contributed by atoms with Gasteiger partial charge in [-0.05, 0) is 54.8 Å². The van der Waals surface area contributed by atoms with Gasteiger partial charge in [-0.25, -0.2) is 4.79 Å². The van der Waals surface area contributed by atoms with E-state index in [0.29, 0.717) is 37.2 Å². The van der Waals surface area contributed by atoms with Crippen LogP contribution in [0.3, 0.4) is 0 Å². The molecule has 2 aromatic rings. The molecule has 0 aliphatic carbocycles. The van der Waals surface area contributed by atoms with E-state index in [4.69, 9.17) is 10.00 Å². The van der Waals surface area contributed by atoms with Crippen LogP contribution < -0.4 is 4.90 Å². The van der Waals surface area contributed by atoms with Crippen LogP contribution in [-0.2, 0) is 11.3 Å². The minimum absolute atomic E-state index is 0.0744. The van der Waals surface area contributed by atoms with Gasteiger partial charge in [-0.3, -0.25) is 9.69 Å². The predicted molar refractivity (Wildman–Crippen MR) is 99.3 cm³/mol. The first kappa shape index (κ1) is 17.1. The van der Waals surface area contributed by atoms with Crippen molar-refractivity contribution in [1.82, 2.24) is 4.90 Å². The molecule has 6 heteroatoms. The van der Waals surface area contributed by atoms with Crippen LogP contribution >= 0.6 is 0 Å². The Morgan fingerprint density at radius 3 is 2.74 bits per heavy atom. The lowest BCUT2D eigenvalue weighted by Crippen LogP contribution is -2.42. The van der Waals surface area contributed by atoms with E-state index >= 15 is 0 Å². The normalized spacial score (nSPS) is 18.7. The molecule has 0 N–H and O–H groups in total. The fourth-order valence-corrected chi connectivity index (χ4v) is 3.63. The van der Waals surface area contributed by atoms with Gasteiger partial charge in [-0.1, -0.05) is 12.1 Å². The van der Waals surface area contributed by atoms with Gasteiger partial charge in [0.1, 0.15) is 6.61 Å². The third-order valence-corrected chi connectivity index (χ3v) is 5.10. The quantitative estimate of drug-likeness (QED) is 0.782. The van der Waals surface area contributed by atoms with Crippen molar-refractivity contribution >= 4 is 17.7 Å². The van der Waals surface area contributed by atoms with Crippen molar-refractivity contribution in [2.45, 2.75) is 25.9 Å². The van der Waals surface area contributed by atoms with E-state index in [0.717, 1.165) is 16.8 Å². The van der Waals surface area contributed by atoms with Crippen LogP contribution in [0, 0.1) is 18.3 Å². The second-order valence-electron chi connectivity index (χ2n) is 6.94. The van der Waals surface area contributed by atoms with E-state index < -0.39 is 0 Å². The van der Waals surface area contributed by atoms with Crippen molar-refractivity contribution in [1.29, 1.82) is 5.26 Å². The van der Waals surface area contributed by atoms with Crippen molar-refractivity contribution in [3.8, 4) is 6.07 Å². The molecule has 2 aliphatic rings. The number of aryl methyl sites for hydroxylation is 1. The monoisotopic (exact) mass is 361 g/mol. The van der Waals surface area contributed by atoms with Gasteiger partial charge in [0.15, 0.2) is 0 Å². The number of fused-ring (bicyclic) bond motifs is 3. The first-order valence-corrected chi connectivity index (χ1v) is 8.92. The number of hydrogen-bond acceptors (Lipinski definition) is 4. The maximum Gasteiger partial charge on any atom is 0.414 e. The third-order valence-electron chi connectivity index (χ3n) is 5.10. The fraction of sp³-hybridized carbons (Fsp3) is 0.286. The second kappa shape index (κ2) is 6.76. The summed E-state index contributed by atoms with van der Waals surface area (Å²) in [7, 11) is 0. The summed E-state index contributed by atoms with van der Waals surface area (Å²) < 4.78 is 5.27. The Morgan fingerprint density at radius 1 is 1.22 bits per heavy atom. The largest absolute Gasteiger partial charge is 0.447 e. The summed E-state index contributed by atoms with van der Waals surface area (Å²) in [6.45, 7) is 3.27. The number of hydrogen-bond donors (Lipinski definition) is 0. The lowest BCUT2D eigenvalue weighted by Gasteiger charge is -2.32. The second-order valence-corrected chi connectivity index (χ2v) is 6.94. The molecule has 1 unspecified atom stereocenters. The highest BCUT2D eigenvalue weighted by atomic mass is 16.6. The minimum atomic E-state index is -0.321. The van der Waals surface area contributed by atoms with Gasteiger partial charge in [-0.15, -0.1) is 0 Å². The molecule has 2 amide bonds. The van der Waals surface area contributed by atoms with Crippen molar-refractivity contribution in [2.75, 3.05) is 18.1 Å². The van der Waals surface area contributed by atoms with E-state index in [2.05, 4.69) is 6.07 Å². The van der Waals surface area contributed by atoms with E-state index in [1.54, 1.807) is 34.1 Å². The van der Waals surface area contributed by atoms with Gasteiger partial charge in [-0.2, -0.15) is 5.26 Å². The summed E-state index contributed by atoms with van der Waals surface area (Å²) in [5, 5.41) is 8.94. The Morgan fingerprint density at radius 2 is 2.00 bits per heavy atom. The Kier molecular flexibility index (Phi) is 4.28. The maximum absolute atomic E-state index is 13.0. The van der Waals surface area contributed by atoms with E-state index in [1.807, 2.05) is 25.1 Å². The zero-order chi connectivity index (χ0) is 19.0. The molecule has 0 saturated carbocycles. The van der Waals surface area contributed by atoms with Gasteiger partial charge in [0, 0.05) is 18.7 Å². The van der Waals surface area contributed by atoms with Gasteiger partial charge in [0.25, 0.3) is 5.91 Å². The summed E-state index contributed by atoms with van der Waals surface area (Å²) in [6, 6.07) is 14.6. The molecule has 1 fully saturated rings. The molecule has 27 heavy (non-hydrogen) atoms. The molecule has 2 heterocycles. The summed E-state index contributed by atoms with van der Waals surface area (Å²) in [5.74, 6) is -0.0790. The molecule has 2 aromatic carbocycles. The summed E-state index contributed by atoms with van der Waals surface area (Å²) in [6.07, 6.45) is 0.333. The van der Waals surface area contributed by atoms with Crippen molar-refractivity contribution in [3.05, 3.63) is 64.7 Å². The van der Waals surface area contributed by atoms with E-state index in [-0.39, 0.29) is 18.0 Å². The zero-order valence-electron chi connectivity index (χ0n) is 15.0. The van der Waals surface area contributed by atoms with Crippen LogP contribution in [0.25, 0.3) is 0 Å². The number of amides is 2. The molecule has 1 atom stereocenters. The number of cyclic esters (lactones) is 1. The lowest BCUT2D eigenvalue weighted by atomic mass is 10.0. The number of rotatable bonds is 1. The van der Waals surface area contributed by atoms with Gasteiger partial charge < -0.3 is 9.64 Å². The summed E-state index contributed by atoms with van der Waals surface area (Å²) in [5.41, 5.74) is 3.87. The molecule has 6 nitrogen and oxygen atoms in total. The average molecular weight is 361 g/mol. The smallest absolute Gasteiger partial charge is 0.414 e. The highest BCUT2D eigenvalue weighted by molar-refractivity contribution is 5.95. The molecule has 0 radical (unpaired) electrons. The number of carbonyl (C=O) groups is 2. The van der Waals surface area contributed by atoms with Gasteiger partial charge >= 0.3 is 6.09 Å². The Labute approximate surface area is 157 Å². The SMILES string of the molecule is Cc1ccc2c(c1)N1C(=O)OCC1CCN(C(=O)c1ccc(C#N)cc1)C2. The summed E-state index contributed by atoms with van der Waals surface area (Å²) >= 11 is 0. The highest BCUT2D eigenvalue weighted by Gasteiger charge is 2.37. The average Bonchev–Trinajstić information content (AvgIpc) is 3.03. The molecule has 0 spiro atoms. The minimum Gasteiger partial charge on any atom is -0.447 e. The number of nitrogens with zero attached hydrogens (tertiary/aromatic N) is 3. The van der Waals surface area contributed by atoms with Gasteiger partial charge in [0.2, 0.25) is 0 Å². The zero-order valence-corrected chi connectivity index (χ0v) is 15.0. The Balaban J connectivity index is 1.68. The molecule has 1 saturated heterocycles. The molecular weight excluding hydrogens is 342 g/mol. The highest BCUT2D eigenvalue weighted by Crippen LogP contribution is 2.32.